The van der Waals surface area contributed by atoms with Crippen LogP contribution in [0.25, 0.3) is 27.7 Å². The predicted molar refractivity (Wildman–Crippen MR) is 123 cm³/mol. The summed E-state index contributed by atoms with van der Waals surface area (Å²) in [5.41, 5.74) is 2.71. The van der Waals surface area contributed by atoms with E-state index in [9.17, 15) is 13.9 Å². The Hall–Kier alpha value is -3.34. The molecular formula is C23H27F2N7O2. The molecule has 0 bridgehead atoms. The first kappa shape index (κ1) is 22.5. The van der Waals surface area contributed by atoms with Crippen LogP contribution in [-0.4, -0.2) is 59.9 Å². The zero-order valence-corrected chi connectivity index (χ0v) is 19.2. The van der Waals surface area contributed by atoms with Crippen molar-refractivity contribution in [3.63, 3.8) is 0 Å². The number of aromatic nitrogens is 6. The number of fused-ring (bicyclic) bond motifs is 2. The number of methoxy groups -OCH3 is 1. The van der Waals surface area contributed by atoms with E-state index in [0.29, 0.717) is 28.4 Å². The molecule has 9 nitrogen and oxygen atoms in total. The van der Waals surface area contributed by atoms with E-state index in [-0.39, 0.29) is 6.04 Å². The van der Waals surface area contributed by atoms with Gasteiger partial charge < -0.3 is 15.2 Å². The zero-order chi connectivity index (χ0) is 24.0. The highest BCUT2D eigenvalue weighted by molar-refractivity contribution is 5.89. The molecule has 1 fully saturated rings. The van der Waals surface area contributed by atoms with Crippen molar-refractivity contribution >= 4 is 22.5 Å². The highest BCUT2D eigenvalue weighted by Crippen LogP contribution is 2.34. The Kier molecular flexibility index (Phi) is 5.59. The van der Waals surface area contributed by atoms with Crippen LogP contribution >= 0.6 is 0 Å². The van der Waals surface area contributed by atoms with Crippen LogP contribution in [0, 0.1) is 0 Å². The van der Waals surface area contributed by atoms with Gasteiger partial charge in [0.2, 0.25) is 11.8 Å². The smallest absolute Gasteiger partial charge is 0.260 e. The van der Waals surface area contributed by atoms with Gasteiger partial charge in [0.25, 0.3) is 6.43 Å². The number of hydrogen-bond donors (Lipinski definition) is 2. The summed E-state index contributed by atoms with van der Waals surface area (Å²) in [6.07, 6.45) is 2.34. The van der Waals surface area contributed by atoms with E-state index < -0.39 is 18.1 Å². The van der Waals surface area contributed by atoms with Gasteiger partial charge in [0.15, 0.2) is 0 Å². The molecule has 0 spiro atoms. The van der Waals surface area contributed by atoms with Gasteiger partial charge in [-0.25, -0.2) is 18.0 Å². The minimum absolute atomic E-state index is 0.171. The van der Waals surface area contributed by atoms with E-state index in [0.717, 1.165) is 36.8 Å². The van der Waals surface area contributed by atoms with E-state index in [1.165, 1.54) is 11.6 Å². The van der Waals surface area contributed by atoms with Crippen molar-refractivity contribution in [1.82, 2.24) is 29.6 Å². The number of aliphatic hydroxyl groups is 1. The SMILES string of the molecule is COc1nc(NC2CCC(C)(O)CC2)nn2ccc(-c3ccc4nnn([C@@H](C)C(F)F)c4c3)c12. The van der Waals surface area contributed by atoms with Crippen LogP contribution < -0.4 is 10.1 Å². The molecule has 0 amide bonds. The van der Waals surface area contributed by atoms with E-state index >= 15 is 0 Å². The maximum atomic E-state index is 13.3. The molecule has 11 heteroatoms. The summed E-state index contributed by atoms with van der Waals surface area (Å²) in [4.78, 5) is 4.57. The van der Waals surface area contributed by atoms with Crippen molar-refractivity contribution in [2.24, 2.45) is 0 Å². The number of halogens is 2. The molecule has 180 valence electrons. The first-order valence-corrected chi connectivity index (χ1v) is 11.3. The van der Waals surface area contributed by atoms with Crippen LogP contribution in [0.2, 0.25) is 0 Å². The number of ether oxygens (including phenoxy) is 1. The fraction of sp³-hybridized carbons (Fsp3) is 0.478. The standard InChI is InChI=1S/C23H27F2N7O2/c1-13(20(24)25)32-18-12-14(4-5-17(18)28-30-32)16-8-11-31-19(16)21(34-3)27-22(29-31)26-15-6-9-23(2,33)10-7-15/h4-5,8,11-13,15,20,33H,6-7,9-10H2,1-3H3,(H,26,29)/t13-,15?,23?/m0/s1. The zero-order valence-electron chi connectivity index (χ0n) is 19.2. The second-order valence-electron chi connectivity index (χ2n) is 9.20. The first-order chi connectivity index (χ1) is 16.3. The van der Waals surface area contributed by atoms with Crippen LogP contribution in [0.4, 0.5) is 14.7 Å². The molecule has 1 aliphatic rings. The van der Waals surface area contributed by atoms with Gasteiger partial charge in [-0.3, -0.25) is 0 Å². The largest absolute Gasteiger partial charge is 0.479 e. The molecular weight excluding hydrogens is 444 g/mol. The quantitative estimate of drug-likeness (QED) is 0.437. The van der Waals surface area contributed by atoms with E-state index in [1.54, 1.807) is 23.8 Å². The molecule has 1 aromatic carbocycles. The fourth-order valence-electron chi connectivity index (χ4n) is 4.51. The van der Waals surface area contributed by atoms with Crippen molar-refractivity contribution in [2.75, 3.05) is 12.4 Å². The summed E-state index contributed by atoms with van der Waals surface area (Å²) >= 11 is 0. The van der Waals surface area contributed by atoms with Gasteiger partial charge in [-0.2, -0.15) is 4.98 Å². The van der Waals surface area contributed by atoms with Gasteiger partial charge in [-0.1, -0.05) is 11.3 Å². The van der Waals surface area contributed by atoms with Crippen LogP contribution in [-0.2, 0) is 0 Å². The lowest BCUT2D eigenvalue weighted by molar-refractivity contribution is 0.0195. The van der Waals surface area contributed by atoms with Gasteiger partial charge >= 0.3 is 0 Å². The Morgan fingerprint density at radius 1 is 1.24 bits per heavy atom. The molecule has 5 rings (SSSR count). The van der Waals surface area contributed by atoms with Crippen molar-refractivity contribution < 1.29 is 18.6 Å². The maximum absolute atomic E-state index is 13.3. The fourth-order valence-corrected chi connectivity index (χ4v) is 4.51. The first-order valence-electron chi connectivity index (χ1n) is 11.3. The summed E-state index contributed by atoms with van der Waals surface area (Å²) in [5.74, 6) is 0.842. The number of alkyl halides is 2. The second kappa shape index (κ2) is 8.46. The normalized spacial score (nSPS) is 21.9. The van der Waals surface area contributed by atoms with Gasteiger partial charge in [0.1, 0.15) is 17.1 Å². The van der Waals surface area contributed by atoms with E-state index in [4.69, 9.17) is 4.74 Å². The van der Waals surface area contributed by atoms with Crippen molar-refractivity contribution in [3.05, 3.63) is 30.5 Å². The lowest BCUT2D eigenvalue weighted by Crippen LogP contribution is -2.36. The summed E-state index contributed by atoms with van der Waals surface area (Å²) in [6.45, 7) is 3.28. The summed E-state index contributed by atoms with van der Waals surface area (Å²) < 4.78 is 35.1. The summed E-state index contributed by atoms with van der Waals surface area (Å²) in [6, 6.07) is 6.38. The van der Waals surface area contributed by atoms with Gasteiger partial charge in [0.05, 0.1) is 18.2 Å². The van der Waals surface area contributed by atoms with Crippen LogP contribution in [0.15, 0.2) is 30.5 Å². The topological polar surface area (TPSA) is 102 Å². The van der Waals surface area contributed by atoms with Crippen LogP contribution in [0.1, 0.15) is 45.6 Å². The Morgan fingerprint density at radius 2 is 2.00 bits per heavy atom. The number of hydrogen-bond acceptors (Lipinski definition) is 7. The Labute approximate surface area is 194 Å². The third kappa shape index (κ3) is 4.04. The van der Waals surface area contributed by atoms with Crippen LogP contribution in [0.5, 0.6) is 5.88 Å². The highest BCUT2D eigenvalue weighted by atomic mass is 19.3. The number of anilines is 1. The number of rotatable bonds is 6. The molecule has 0 radical (unpaired) electrons. The molecule has 0 unspecified atom stereocenters. The number of nitrogens with one attached hydrogen (secondary N) is 1. The molecule has 34 heavy (non-hydrogen) atoms. The molecule has 1 atom stereocenters. The molecule has 1 aliphatic carbocycles. The summed E-state index contributed by atoms with van der Waals surface area (Å²) in [5, 5.41) is 26.1. The number of benzene rings is 1. The maximum Gasteiger partial charge on any atom is 0.260 e. The van der Waals surface area contributed by atoms with Gasteiger partial charge in [-0.15, -0.1) is 10.2 Å². The molecule has 0 aliphatic heterocycles. The minimum Gasteiger partial charge on any atom is -0.479 e. The Morgan fingerprint density at radius 3 is 2.71 bits per heavy atom. The van der Waals surface area contributed by atoms with E-state index in [2.05, 4.69) is 25.7 Å². The van der Waals surface area contributed by atoms with Crippen molar-refractivity contribution in [2.45, 2.75) is 63.6 Å². The molecule has 3 heterocycles. The molecule has 0 saturated heterocycles. The Bertz CT molecular complexity index is 1320. The lowest BCUT2D eigenvalue weighted by Gasteiger charge is -2.33. The van der Waals surface area contributed by atoms with Gasteiger partial charge in [0, 0.05) is 17.8 Å². The third-order valence-electron chi connectivity index (χ3n) is 6.60. The molecule has 1 saturated carbocycles. The third-order valence-corrected chi connectivity index (χ3v) is 6.60. The predicted octanol–water partition coefficient (Wildman–Crippen LogP) is 4.08. The monoisotopic (exact) mass is 471 g/mol. The van der Waals surface area contributed by atoms with Crippen molar-refractivity contribution in [1.29, 1.82) is 0 Å². The van der Waals surface area contributed by atoms with Crippen LogP contribution in [0.3, 0.4) is 0 Å². The van der Waals surface area contributed by atoms with Crippen molar-refractivity contribution in [3.8, 4) is 17.0 Å². The highest BCUT2D eigenvalue weighted by Gasteiger charge is 2.29. The average Bonchev–Trinajstić information content (AvgIpc) is 3.43. The molecule has 2 N–H and O–H groups in total. The second-order valence-corrected chi connectivity index (χ2v) is 9.20. The molecule has 3 aromatic heterocycles. The summed E-state index contributed by atoms with van der Waals surface area (Å²) in [7, 11) is 1.55. The minimum atomic E-state index is -2.56. The average molecular weight is 472 g/mol. The Balaban J connectivity index is 1.50. The number of nitrogens with zero attached hydrogens (tertiary/aromatic N) is 6. The van der Waals surface area contributed by atoms with E-state index in [1.807, 2.05) is 25.3 Å². The molecule has 4 aromatic rings. The lowest BCUT2D eigenvalue weighted by atomic mass is 9.84. The van der Waals surface area contributed by atoms with Gasteiger partial charge in [-0.05, 0) is 63.3 Å².